The highest BCUT2D eigenvalue weighted by Gasteiger charge is 2.08. The van der Waals surface area contributed by atoms with Crippen LogP contribution in [-0.4, -0.2) is 26.3 Å². The maximum Gasteiger partial charge on any atom is 0.226 e. The van der Waals surface area contributed by atoms with Crippen molar-refractivity contribution in [2.45, 2.75) is 6.54 Å². The van der Waals surface area contributed by atoms with Crippen LogP contribution < -0.4 is 0 Å². The van der Waals surface area contributed by atoms with E-state index in [1.807, 2.05) is 0 Å². The van der Waals surface area contributed by atoms with Gasteiger partial charge in [-0.05, 0) is 24.3 Å². The van der Waals surface area contributed by atoms with Crippen LogP contribution in [-0.2, 0) is 6.54 Å². The molecule has 2 aromatic heterocycles. The Labute approximate surface area is 112 Å². The molecule has 0 amide bonds. The van der Waals surface area contributed by atoms with Crippen LogP contribution in [0.2, 0.25) is 0 Å². The molecule has 0 bridgehead atoms. The van der Waals surface area contributed by atoms with Gasteiger partial charge in [0.2, 0.25) is 5.89 Å². The van der Waals surface area contributed by atoms with E-state index in [4.69, 9.17) is 4.42 Å². The number of hydrogen-bond donors (Lipinski definition) is 0. The molecule has 20 heavy (non-hydrogen) atoms. The lowest BCUT2D eigenvalue weighted by Crippen LogP contribution is -2.00. The molecule has 3 aromatic rings. The molecule has 6 nitrogen and oxygen atoms in total. The topological polar surface area (TPSA) is 73.8 Å². The SMILES string of the molecule is O=Cc1cn(Cc2coc(-c3ccc(F)cc3)n2)nn1. The molecule has 7 heteroatoms. The predicted molar refractivity (Wildman–Crippen MR) is 66.4 cm³/mol. The van der Waals surface area contributed by atoms with E-state index in [-0.39, 0.29) is 11.5 Å². The van der Waals surface area contributed by atoms with E-state index >= 15 is 0 Å². The van der Waals surface area contributed by atoms with E-state index in [1.165, 1.54) is 29.3 Å². The summed E-state index contributed by atoms with van der Waals surface area (Å²) in [5, 5.41) is 7.43. The monoisotopic (exact) mass is 272 g/mol. The lowest BCUT2D eigenvalue weighted by Gasteiger charge is -1.95. The average molecular weight is 272 g/mol. The first kappa shape index (κ1) is 12.2. The van der Waals surface area contributed by atoms with Gasteiger partial charge in [0.05, 0.1) is 12.7 Å². The Hall–Kier alpha value is -2.83. The first-order chi connectivity index (χ1) is 9.74. The van der Waals surface area contributed by atoms with Gasteiger partial charge in [0.15, 0.2) is 6.29 Å². The van der Waals surface area contributed by atoms with Crippen molar-refractivity contribution in [1.82, 2.24) is 20.0 Å². The van der Waals surface area contributed by atoms with Gasteiger partial charge in [0.1, 0.15) is 23.5 Å². The van der Waals surface area contributed by atoms with Crippen LogP contribution in [0.3, 0.4) is 0 Å². The van der Waals surface area contributed by atoms with Crippen molar-refractivity contribution in [2.75, 3.05) is 0 Å². The van der Waals surface area contributed by atoms with E-state index in [1.54, 1.807) is 12.1 Å². The number of hydrogen-bond acceptors (Lipinski definition) is 5. The molecule has 0 saturated heterocycles. The van der Waals surface area contributed by atoms with E-state index in [0.717, 1.165) is 0 Å². The summed E-state index contributed by atoms with van der Waals surface area (Å²) in [5.41, 5.74) is 1.57. The zero-order valence-electron chi connectivity index (χ0n) is 10.2. The molecule has 100 valence electrons. The summed E-state index contributed by atoms with van der Waals surface area (Å²) < 4.78 is 19.6. The summed E-state index contributed by atoms with van der Waals surface area (Å²) in [6.45, 7) is 0.339. The van der Waals surface area contributed by atoms with Crippen LogP contribution in [0, 0.1) is 5.82 Å². The van der Waals surface area contributed by atoms with Gasteiger partial charge < -0.3 is 4.42 Å². The fourth-order valence-corrected chi connectivity index (χ4v) is 1.72. The fraction of sp³-hybridized carbons (Fsp3) is 0.0769. The Balaban J connectivity index is 1.79. The van der Waals surface area contributed by atoms with E-state index in [2.05, 4.69) is 15.3 Å². The summed E-state index contributed by atoms with van der Waals surface area (Å²) in [7, 11) is 0. The van der Waals surface area contributed by atoms with Gasteiger partial charge in [-0.2, -0.15) is 0 Å². The molecule has 0 N–H and O–H groups in total. The van der Waals surface area contributed by atoms with Gasteiger partial charge in [0.25, 0.3) is 0 Å². The summed E-state index contributed by atoms with van der Waals surface area (Å²) in [6.07, 6.45) is 3.62. The molecule has 0 aliphatic rings. The number of benzene rings is 1. The molecule has 0 fully saturated rings. The van der Waals surface area contributed by atoms with Crippen LogP contribution in [0.25, 0.3) is 11.5 Å². The lowest BCUT2D eigenvalue weighted by molar-refractivity contribution is 0.111. The minimum atomic E-state index is -0.315. The van der Waals surface area contributed by atoms with Gasteiger partial charge in [-0.1, -0.05) is 5.21 Å². The number of oxazole rings is 1. The zero-order chi connectivity index (χ0) is 13.9. The number of nitrogens with zero attached hydrogens (tertiary/aromatic N) is 4. The quantitative estimate of drug-likeness (QED) is 0.678. The minimum Gasteiger partial charge on any atom is -0.444 e. The van der Waals surface area contributed by atoms with Crippen LogP contribution >= 0.6 is 0 Å². The Morgan fingerprint density at radius 2 is 2.10 bits per heavy atom. The Bertz CT molecular complexity index is 733. The third-order valence-electron chi connectivity index (χ3n) is 2.64. The van der Waals surface area contributed by atoms with Crippen LogP contribution in [0.1, 0.15) is 16.2 Å². The normalized spacial score (nSPS) is 10.7. The second-order valence-corrected chi connectivity index (χ2v) is 4.11. The minimum absolute atomic E-state index is 0.257. The third kappa shape index (κ3) is 2.46. The molecular weight excluding hydrogens is 263 g/mol. The molecular formula is C13H9FN4O2. The number of halogens is 1. The number of aromatic nitrogens is 4. The molecule has 0 atom stereocenters. The first-order valence-electron chi connectivity index (χ1n) is 5.80. The fourth-order valence-electron chi connectivity index (χ4n) is 1.72. The van der Waals surface area contributed by atoms with Gasteiger partial charge in [-0.15, -0.1) is 5.10 Å². The van der Waals surface area contributed by atoms with E-state index < -0.39 is 0 Å². The highest BCUT2D eigenvalue weighted by atomic mass is 19.1. The average Bonchev–Trinajstić information content (AvgIpc) is 3.09. The van der Waals surface area contributed by atoms with Crippen molar-refractivity contribution >= 4 is 6.29 Å². The molecule has 0 radical (unpaired) electrons. The van der Waals surface area contributed by atoms with Crippen molar-refractivity contribution in [2.24, 2.45) is 0 Å². The third-order valence-corrected chi connectivity index (χ3v) is 2.64. The molecule has 0 saturated carbocycles. The summed E-state index contributed by atoms with van der Waals surface area (Å²) in [4.78, 5) is 14.8. The Morgan fingerprint density at radius 1 is 1.30 bits per heavy atom. The Morgan fingerprint density at radius 3 is 2.80 bits per heavy atom. The van der Waals surface area contributed by atoms with E-state index in [9.17, 15) is 9.18 Å². The number of rotatable bonds is 4. The first-order valence-corrected chi connectivity index (χ1v) is 5.80. The predicted octanol–water partition coefficient (Wildman–Crippen LogP) is 1.93. The molecule has 2 heterocycles. The molecule has 0 aliphatic heterocycles. The van der Waals surface area contributed by atoms with Crippen molar-refractivity contribution < 1.29 is 13.6 Å². The number of aldehydes is 1. The van der Waals surface area contributed by atoms with Crippen molar-refractivity contribution in [3.63, 3.8) is 0 Å². The van der Waals surface area contributed by atoms with Crippen molar-refractivity contribution in [1.29, 1.82) is 0 Å². The van der Waals surface area contributed by atoms with E-state index in [0.29, 0.717) is 30.0 Å². The van der Waals surface area contributed by atoms with Crippen LogP contribution in [0.15, 0.2) is 41.1 Å². The van der Waals surface area contributed by atoms with Crippen LogP contribution in [0.4, 0.5) is 4.39 Å². The smallest absolute Gasteiger partial charge is 0.226 e. The number of carbonyl (C=O) groups excluding carboxylic acids is 1. The lowest BCUT2D eigenvalue weighted by atomic mass is 10.2. The highest BCUT2D eigenvalue weighted by Crippen LogP contribution is 2.19. The summed E-state index contributed by atoms with van der Waals surface area (Å²) in [6, 6.07) is 5.86. The highest BCUT2D eigenvalue weighted by molar-refractivity contribution is 5.70. The summed E-state index contributed by atoms with van der Waals surface area (Å²) in [5.74, 6) is 0.0836. The van der Waals surface area contributed by atoms with Crippen molar-refractivity contribution in [3.05, 3.63) is 53.9 Å². The largest absolute Gasteiger partial charge is 0.444 e. The van der Waals surface area contributed by atoms with Crippen molar-refractivity contribution in [3.8, 4) is 11.5 Å². The second-order valence-electron chi connectivity index (χ2n) is 4.11. The molecule has 3 rings (SSSR count). The Kier molecular flexibility index (Phi) is 3.08. The molecule has 0 aliphatic carbocycles. The van der Waals surface area contributed by atoms with Gasteiger partial charge in [0, 0.05) is 5.56 Å². The molecule has 0 spiro atoms. The second kappa shape index (κ2) is 5.04. The molecule has 1 aromatic carbocycles. The van der Waals surface area contributed by atoms with Crippen LogP contribution in [0.5, 0.6) is 0 Å². The van der Waals surface area contributed by atoms with Gasteiger partial charge >= 0.3 is 0 Å². The maximum atomic E-state index is 12.8. The molecule has 0 unspecified atom stereocenters. The van der Waals surface area contributed by atoms with Gasteiger partial charge in [-0.3, -0.25) is 4.79 Å². The maximum absolute atomic E-state index is 12.8. The van der Waals surface area contributed by atoms with Gasteiger partial charge in [-0.25, -0.2) is 14.1 Å². The standard InChI is InChI=1S/C13H9FN4O2/c14-10-3-1-9(2-4-10)13-15-12(8-20-13)6-18-5-11(7-19)16-17-18/h1-5,7-8H,6H2. The number of carbonyl (C=O) groups is 1. The summed E-state index contributed by atoms with van der Waals surface area (Å²) >= 11 is 0. The zero-order valence-corrected chi connectivity index (χ0v) is 10.2.